The maximum atomic E-state index is 13.4. The summed E-state index contributed by atoms with van der Waals surface area (Å²) >= 11 is 13.0. The number of carbonyl (C=O) groups is 1. The molecule has 2 amide bonds. The highest BCUT2D eigenvalue weighted by Gasteiger charge is 2.44. The Kier molecular flexibility index (Phi) is 6.92. The van der Waals surface area contributed by atoms with Crippen LogP contribution in [0.3, 0.4) is 0 Å². The third-order valence-electron chi connectivity index (χ3n) is 8.35. The molecule has 4 heterocycles. The van der Waals surface area contributed by atoms with E-state index < -0.39 is 0 Å². The molecular formula is C29H29Cl2N7O3. The zero-order chi connectivity index (χ0) is 28.1. The maximum Gasteiger partial charge on any atom is 0.322 e. The molecule has 2 aromatic heterocycles. The summed E-state index contributed by atoms with van der Waals surface area (Å²) in [6.07, 6.45) is 5.66. The van der Waals surface area contributed by atoms with Gasteiger partial charge in [0.1, 0.15) is 11.5 Å². The molecular weight excluding hydrogens is 565 g/mol. The lowest BCUT2D eigenvalue weighted by molar-refractivity contribution is -0.0158. The number of benzene rings is 2. The smallest absolute Gasteiger partial charge is 0.322 e. The molecule has 7 rings (SSSR count). The number of tetrazole rings is 1. The number of hydrogen-bond acceptors (Lipinski definition) is 7. The van der Waals surface area contributed by atoms with Crippen LogP contribution in [0, 0.1) is 0 Å². The normalized spacial score (nSPS) is 21.8. The Labute approximate surface area is 246 Å². The van der Waals surface area contributed by atoms with E-state index in [0.29, 0.717) is 45.3 Å². The summed E-state index contributed by atoms with van der Waals surface area (Å²) in [6.45, 7) is 0.367. The van der Waals surface area contributed by atoms with E-state index in [9.17, 15) is 4.79 Å². The standard InChI is InChI=1S/C29H29Cl2N7O3/c1-37-28(33-35-36-37)17-4-2-5-18(12-17)32-29(39)38-19-10-11-20(38)14-21(13-19)40-15-22-26(34-41-27(22)16-8-9-16)25-23(30)6-3-7-24(25)31/h2-7,12,16,19-21H,8-11,13-15H2,1H3,(H,32,39). The van der Waals surface area contributed by atoms with E-state index in [-0.39, 0.29) is 24.2 Å². The molecule has 2 aromatic carbocycles. The number of ether oxygens (including phenoxy) is 1. The number of nitrogens with zero attached hydrogens (tertiary/aromatic N) is 6. The molecule has 2 saturated heterocycles. The van der Waals surface area contributed by atoms with Crippen molar-refractivity contribution in [2.24, 2.45) is 7.05 Å². The highest BCUT2D eigenvalue weighted by molar-refractivity contribution is 6.39. The molecule has 4 aromatic rings. The Bertz CT molecular complexity index is 1570. The van der Waals surface area contributed by atoms with Crippen molar-refractivity contribution >= 4 is 34.9 Å². The van der Waals surface area contributed by atoms with Crippen LogP contribution >= 0.6 is 23.2 Å². The summed E-state index contributed by atoms with van der Waals surface area (Å²) in [4.78, 5) is 15.4. The average molecular weight is 595 g/mol. The van der Waals surface area contributed by atoms with Gasteiger partial charge >= 0.3 is 6.03 Å². The molecule has 0 spiro atoms. The van der Waals surface area contributed by atoms with Gasteiger partial charge in [-0.2, -0.15) is 0 Å². The molecule has 0 radical (unpaired) electrons. The zero-order valence-corrected chi connectivity index (χ0v) is 24.0. The first-order chi connectivity index (χ1) is 20.0. The van der Waals surface area contributed by atoms with Crippen LogP contribution in [0.15, 0.2) is 47.0 Å². The van der Waals surface area contributed by atoms with E-state index >= 15 is 0 Å². The largest absolute Gasteiger partial charge is 0.373 e. The number of rotatable bonds is 7. The second-order valence-electron chi connectivity index (χ2n) is 11.1. The minimum absolute atomic E-state index is 0.0276. The van der Waals surface area contributed by atoms with Gasteiger partial charge in [-0.1, -0.05) is 46.6 Å². The van der Waals surface area contributed by atoms with E-state index in [0.717, 1.165) is 55.4 Å². The Morgan fingerprint density at radius 1 is 1.07 bits per heavy atom. The van der Waals surface area contributed by atoms with Crippen LogP contribution < -0.4 is 5.32 Å². The highest BCUT2D eigenvalue weighted by Crippen LogP contribution is 2.46. The molecule has 2 unspecified atom stereocenters. The second-order valence-corrected chi connectivity index (χ2v) is 11.9. The van der Waals surface area contributed by atoms with Gasteiger partial charge in [0.15, 0.2) is 5.82 Å². The van der Waals surface area contributed by atoms with Crippen molar-refractivity contribution < 1.29 is 14.1 Å². The van der Waals surface area contributed by atoms with Crippen molar-refractivity contribution in [3.8, 4) is 22.6 Å². The zero-order valence-electron chi connectivity index (χ0n) is 22.5. The van der Waals surface area contributed by atoms with E-state index in [1.807, 2.05) is 35.2 Å². The molecule has 12 heteroatoms. The van der Waals surface area contributed by atoms with Gasteiger partial charge in [-0.25, -0.2) is 9.48 Å². The summed E-state index contributed by atoms with van der Waals surface area (Å²) in [5.74, 6) is 1.87. The van der Waals surface area contributed by atoms with Gasteiger partial charge in [-0.05, 0) is 73.2 Å². The topological polar surface area (TPSA) is 111 Å². The van der Waals surface area contributed by atoms with Crippen LogP contribution in [0.4, 0.5) is 10.5 Å². The van der Waals surface area contributed by atoms with Crippen LogP contribution in [0.25, 0.3) is 22.6 Å². The average Bonchev–Trinajstić information content (AvgIpc) is 3.48. The highest BCUT2D eigenvalue weighted by atomic mass is 35.5. The molecule has 1 saturated carbocycles. The van der Waals surface area contributed by atoms with Crippen molar-refractivity contribution in [2.45, 2.75) is 69.2 Å². The van der Waals surface area contributed by atoms with Gasteiger partial charge in [-0.3, -0.25) is 0 Å². The lowest BCUT2D eigenvalue weighted by Gasteiger charge is -2.38. The van der Waals surface area contributed by atoms with Crippen molar-refractivity contribution in [2.75, 3.05) is 5.32 Å². The number of aromatic nitrogens is 5. The van der Waals surface area contributed by atoms with E-state index in [4.69, 9.17) is 32.5 Å². The van der Waals surface area contributed by atoms with Gasteiger partial charge in [0.25, 0.3) is 0 Å². The molecule has 2 bridgehead atoms. The van der Waals surface area contributed by atoms with Crippen molar-refractivity contribution in [3.05, 3.63) is 63.8 Å². The van der Waals surface area contributed by atoms with Crippen LogP contribution in [-0.4, -0.2) is 54.5 Å². The lowest BCUT2D eigenvalue weighted by Crippen LogP contribution is -2.50. The first kappa shape index (κ1) is 26.4. The van der Waals surface area contributed by atoms with Gasteiger partial charge < -0.3 is 19.5 Å². The molecule has 2 atom stereocenters. The fourth-order valence-corrected chi connectivity index (χ4v) is 6.82. The number of piperidine rings is 1. The van der Waals surface area contributed by atoms with Gasteiger partial charge in [0.05, 0.1) is 22.8 Å². The quantitative estimate of drug-likeness (QED) is 0.261. The molecule has 10 nitrogen and oxygen atoms in total. The third-order valence-corrected chi connectivity index (χ3v) is 8.98. The molecule has 3 aliphatic rings. The van der Waals surface area contributed by atoms with Crippen molar-refractivity contribution in [3.63, 3.8) is 0 Å². The number of carbonyl (C=O) groups excluding carboxylic acids is 1. The predicted molar refractivity (Wildman–Crippen MR) is 154 cm³/mol. The number of nitrogens with one attached hydrogen (secondary N) is 1. The maximum absolute atomic E-state index is 13.4. The molecule has 41 heavy (non-hydrogen) atoms. The number of urea groups is 1. The number of anilines is 1. The monoisotopic (exact) mass is 593 g/mol. The van der Waals surface area contributed by atoms with Gasteiger partial charge in [-0.15, -0.1) is 5.10 Å². The summed E-state index contributed by atoms with van der Waals surface area (Å²) in [6, 6.07) is 13.2. The first-order valence-corrected chi connectivity index (χ1v) is 14.7. The second kappa shape index (κ2) is 10.7. The fraction of sp³-hybridized carbons (Fsp3) is 0.414. The third kappa shape index (κ3) is 5.09. The lowest BCUT2D eigenvalue weighted by atomic mass is 9.99. The number of amides is 2. The first-order valence-electron chi connectivity index (χ1n) is 13.9. The molecule has 1 N–H and O–H groups in total. The SMILES string of the molecule is Cn1nnnc1-c1cccc(NC(=O)N2C3CCC2CC(OCc2c(-c4c(Cl)cccc4Cl)noc2C2CC2)C3)c1. The molecule has 1 aliphatic carbocycles. The Balaban J connectivity index is 1.03. The van der Waals surface area contributed by atoms with Gasteiger partial charge in [0, 0.05) is 47.4 Å². The predicted octanol–water partition coefficient (Wildman–Crippen LogP) is 6.46. The Morgan fingerprint density at radius 3 is 2.49 bits per heavy atom. The minimum atomic E-state index is -0.0881. The number of halogens is 2. The summed E-state index contributed by atoms with van der Waals surface area (Å²) in [7, 11) is 1.78. The van der Waals surface area contributed by atoms with E-state index in [1.54, 1.807) is 23.9 Å². The van der Waals surface area contributed by atoms with Crippen molar-refractivity contribution in [1.82, 2.24) is 30.3 Å². The molecule has 3 fully saturated rings. The Morgan fingerprint density at radius 2 is 1.80 bits per heavy atom. The molecule has 2 aliphatic heterocycles. The van der Waals surface area contributed by atoms with Crippen molar-refractivity contribution in [1.29, 1.82) is 0 Å². The summed E-state index contributed by atoms with van der Waals surface area (Å²) < 4.78 is 13.9. The van der Waals surface area contributed by atoms with E-state index in [1.165, 1.54) is 0 Å². The van der Waals surface area contributed by atoms with E-state index in [2.05, 4.69) is 26.0 Å². The number of hydrogen-bond donors (Lipinski definition) is 1. The van der Waals surface area contributed by atoms with Crippen LogP contribution in [0.1, 0.15) is 55.8 Å². The number of aryl methyl sites for hydroxylation is 1. The summed E-state index contributed by atoms with van der Waals surface area (Å²) in [5.41, 5.74) is 3.80. The van der Waals surface area contributed by atoms with Crippen LogP contribution in [-0.2, 0) is 18.4 Å². The molecule has 212 valence electrons. The van der Waals surface area contributed by atoms with Gasteiger partial charge in [0.2, 0.25) is 0 Å². The Hall–Kier alpha value is -3.47. The minimum Gasteiger partial charge on any atom is -0.373 e. The number of fused-ring (bicyclic) bond motifs is 2. The summed E-state index contributed by atoms with van der Waals surface area (Å²) in [5, 5.41) is 20.2. The van der Waals surface area contributed by atoms with Crippen LogP contribution in [0.5, 0.6) is 0 Å². The van der Waals surface area contributed by atoms with Crippen LogP contribution in [0.2, 0.25) is 10.0 Å². The fourth-order valence-electron chi connectivity index (χ4n) is 6.24.